The van der Waals surface area contributed by atoms with E-state index in [0.717, 1.165) is 39.3 Å². The van der Waals surface area contributed by atoms with E-state index in [1.54, 1.807) is 4.90 Å². The van der Waals surface area contributed by atoms with Gasteiger partial charge >= 0.3 is 6.03 Å². The molecule has 3 aliphatic heterocycles. The molecule has 1 aromatic rings. The molecule has 0 unspecified atom stereocenters. The Morgan fingerprint density at radius 2 is 1.86 bits per heavy atom. The molecular formula is C25H38N4O6. The fraction of sp³-hybridized carbons (Fsp3) is 0.680. The smallest absolute Gasteiger partial charge is 0.322 e. The Balaban J connectivity index is 1.25. The van der Waals surface area contributed by atoms with Crippen molar-refractivity contribution in [1.29, 1.82) is 0 Å². The lowest BCUT2D eigenvalue weighted by molar-refractivity contribution is -0.149. The number of nitrogens with one attached hydrogen (secondary N) is 2. The van der Waals surface area contributed by atoms with Crippen LogP contribution in [0.1, 0.15) is 25.7 Å². The zero-order valence-electron chi connectivity index (χ0n) is 20.3. The molecule has 10 nitrogen and oxygen atoms in total. The van der Waals surface area contributed by atoms with E-state index in [-0.39, 0.29) is 49.9 Å². The van der Waals surface area contributed by atoms with Gasteiger partial charge in [0.25, 0.3) is 0 Å². The number of hydrogen-bond acceptors (Lipinski definition) is 7. The fourth-order valence-electron chi connectivity index (χ4n) is 4.93. The van der Waals surface area contributed by atoms with Gasteiger partial charge in [0.15, 0.2) is 0 Å². The zero-order chi connectivity index (χ0) is 24.5. The first-order chi connectivity index (χ1) is 17.1. The Bertz CT molecular complexity index is 806. The topological polar surface area (TPSA) is 113 Å². The second-order valence-electron chi connectivity index (χ2n) is 9.44. The fourth-order valence-corrected chi connectivity index (χ4v) is 4.93. The highest BCUT2D eigenvalue weighted by atomic mass is 16.5. The van der Waals surface area contributed by atoms with Crippen molar-refractivity contribution < 1.29 is 28.9 Å². The van der Waals surface area contributed by atoms with E-state index in [9.17, 15) is 14.7 Å². The van der Waals surface area contributed by atoms with Gasteiger partial charge in [-0.25, -0.2) is 4.79 Å². The molecule has 0 bridgehead atoms. The third kappa shape index (κ3) is 7.88. The Kier molecular flexibility index (Phi) is 9.73. The molecule has 194 valence electrons. The lowest BCUT2D eigenvalue weighted by atomic mass is 9.95. The molecule has 4 rings (SSSR count). The van der Waals surface area contributed by atoms with E-state index in [4.69, 9.17) is 14.2 Å². The third-order valence-electron chi connectivity index (χ3n) is 6.76. The number of hydrogen-bond donors (Lipinski definition) is 3. The van der Waals surface area contributed by atoms with Crippen LogP contribution in [0.5, 0.6) is 0 Å². The van der Waals surface area contributed by atoms with Crippen LogP contribution in [0.3, 0.4) is 0 Å². The molecule has 3 amide bonds. The average molecular weight is 491 g/mol. The normalized spacial score (nSPS) is 27.9. The van der Waals surface area contributed by atoms with E-state index in [1.165, 1.54) is 0 Å². The molecule has 4 atom stereocenters. The largest absolute Gasteiger partial charge is 0.389 e. The molecule has 3 N–H and O–H groups in total. The Hall–Kier alpha value is -2.24. The molecule has 0 saturated carbocycles. The van der Waals surface area contributed by atoms with Crippen molar-refractivity contribution >= 4 is 17.6 Å². The van der Waals surface area contributed by atoms with Gasteiger partial charge in [0.2, 0.25) is 5.91 Å². The number of carbonyl (C=O) groups excluding carboxylic acids is 2. The summed E-state index contributed by atoms with van der Waals surface area (Å²) in [6.45, 7) is 5.63. The SMILES string of the molecule is O=C(C[C@@H]1CC[C@H]2[C@@H](COC[C@@H](O)CN2C(=O)Nc2ccccc2)O1)NCCCN1CCOCC1. The minimum Gasteiger partial charge on any atom is -0.389 e. The van der Waals surface area contributed by atoms with Gasteiger partial charge in [-0.1, -0.05) is 18.2 Å². The maximum absolute atomic E-state index is 13.1. The molecule has 0 aromatic heterocycles. The number of nitrogens with zero attached hydrogens (tertiary/aromatic N) is 2. The van der Waals surface area contributed by atoms with Crippen LogP contribution in [-0.2, 0) is 19.0 Å². The summed E-state index contributed by atoms with van der Waals surface area (Å²) >= 11 is 0. The van der Waals surface area contributed by atoms with Crippen LogP contribution in [0.2, 0.25) is 0 Å². The standard InChI is InChI=1S/C25H38N4O6/c30-20-16-29(25(32)27-19-5-2-1-3-6-19)22-8-7-21(35-23(22)18-34-17-20)15-24(31)26-9-4-10-28-11-13-33-14-12-28/h1-3,5-6,20-23,30H,4,7-18H2,(H,26,31)(H,27,32)/t20-,21-,22-,23+/m0/s1. The van der Waals surface area contributed by atoms with E-state index >= 15 is 0 Å². The number of amides is 3. The van der Waals surface area contributed by atoms with Crippen molar-refractivity contribution in [1.82, 2.24) is 15.1 Å². The van der Waals surface area contributed by atoms with Gasteiger partial charge in [0.1, 0.15) is 6.10 Å². The minimum atomic E-state index is -0.765. The molecule has 3 fully saturated rings. The highest BCUT2D eigenvalue weighted by molar-refractivity contribution is 5.89. The van der Waals surface area contributed by atoms with E-state index < -0.39 is 6.10 Å². The van der Waals surface area contributed by atoms with Gasteiger partial charge in [0.05, 0.1) is 57.6 Å². The van der Waals surface area contributed by atoms with Crippen molar-refractivity contribution in [2.45, 2.75) is 50.0 Å². The first kappa shape index (κ1) is 25.8. The molecule has 35 heavy (non-hydrogen) atoms. The summed E-state index contributed by atoms with van der Waals surface area (Å²) in [5, 5.41) is 16.2. The minimum absolute atomic E-state index is 0.0173. The predicted molar refractivity (Wildman–Crippen MR) is 130 cm³/mol. The molecule has 1 aromatic carbocycles. The molecule has 0 spiro atoms. The molecule has 0 aliphatic carbocycles. The molecule has 3 saturated heterocycles. The first-order valence-corrected chi connectivity index (χ1v) is 12.7. The van der Waals surface area contributed by atoms with Crippen LogP contribution in [0, 0.1) is 0 Å². The summed E-state index contributed by atoms with van der Waals surface area (Å²) in [5.41, 5.74) is 0.696. The van der Waals surface area contributed by atoms with Gasteiger partial charge in [-0.15, -0.1) is 0 Å². The van der Waals surface area contributed by atoms with Crippen LogP contribution in [0.4, 0.5) is 10.5 Å². The Morgan fingerprint density at radius 3 is 2.66 bits per heavy atom. The molecule has 3 aliphatic rings. The van der Waals surface area contributed by atoms with Crippen LogP contribution < -0.4 is 10.6 Å². The number of β-amino-alcohol motifs (C(OH)–C–C–N with tert-alkyl or cyclic N) is 1. The summed E-state index contributed by atoms with van der Waals surface area (Å²) in [4.78, 5) is 29.6. The number of benzene rings is 1. The number of fused-ring (bicyclic) bond motifs is 1. The maximum atomic E-state index is 13.1. The second kappa shape index (κ2) is 13.2. The molecule has 0 radical (unpaired) electrons. The number of aliphatic hydroxyl groups excluding tert-OH is 1. The monoisotopic (exact) mass is 490 g/mol. The highest BCUT2D eigenvalue weighted by Gasteiger charge is 2.40. The molecular weight excluding hydrogens is 452 g/mol. The second-order valence-corrected chi connectivity index (χ2v) is 9.44. The van der Waals surface area contributed by atoms with Crippen molar-refractivity contribution in [3.05, 3.63) is 30.3 Å². The van der Waals surface area contributed by atoms with Crippen molar-refractivity contribution in [3.8, 4) is 0 Å². The van der Waals surface area contributed by atoms with Crippen molar-refractivity contribution in [2.75, 3.05) is 64.5 Å². The van der Waals surface area contributed by atoms with E-state index in [0.29, 0.717) is 31.5 Å². The number of urea groups is 1. The Morgan fingerprint density at radius 1 is 1.06 bits per heavy atom. The summed E-state index contributed by atoms with van der Waals surface area (Å²) in [7, 11) is 0. The summed E-state index contributed by atoms with van der Waals surface area (Å²) < 4.78 is 17.3. The van der Waals surface area contributed by atoms with Gasteiger partial charge in [0, 0.05) is 25.3 Å². The summed E-state index contributed by atoms with van der Waals surface area (Å²) in [5.74, 6) is -0.0173. The number of ether oxygens (including phenoxy) is 3. The summed E-state index contributed by atoms with van der Waals surface area (Å²) in [6, 6.07) is 8.75. The lowest BCUT2D eigenvalue weighted by Crippen LogP contribution is -2.58. The number of para-hydroxylation sites is 1. The number of aliphatic hydroxyl groups is 1. The van der Waals surface area contributed by atoms with E-state index in [1.807, 2.05) is 30.3 Å². The Labute approximate surface area is 206 Å². The van der Waals surface area contributed by atoms with Crippen LogP contribution in [0.25, 0.3) is 0 Å². The highest BCUT2D eigenvalue weighted by Crippen LogP contribution is 2.28. The van der Waals surface area contributed by atoms with Crippen LogP contribution >= 0.6 is 0 Å². The quantitative estimate of drug-likeness (QED) is 0.490. The average Bonchev–Trinajstić information content (AvgIpc) is 2.86. The zero-order valence-corrected chi connectivity index (χ0v) is 20.3. The van der Waals surface area contributed by atoms with Gasteiger partial charge in [-0.2, -0.15) is 0 Å². The number of anilines is 1. The number of morpholine rings is 1. The lowest BCUT2D eigenvalue weighted by Gasteiger charge is -2.44. The predicted octanol–water partition coefficient (Wildman–Crippen LogP) is 1.06. The number of carbonyl (C=O) groups is 2. The van der Waals surface area contributed by atoms with Crippen molar-refractivity contribution in [3.63, 3.8) is 0 Å². The van der Waals surface area contributed by atoms with E-state index in [2.05, 4.69) is 15.5 Å². The van der Waals surface area contributed by atoms with Gasteiger partial charge in [-0.05, 0) is 37.9 Å². The maximum Gasteiger partial charge on any atom is 0.322 e. The van der Waals surface area contributed by atoms with Crippen LogP contribution in [0.15, 0.2) is 30.3 Å². The van der Waals surface area contributed by atoms with Gasteiger partial charge in [-0.3, -0.25) is 9.69 Å². The third-order valence-corrected chi connectivity index (χ3v) is 6.76. The first-order valence-electron chi connectivity index (χ1n) is 12.7. The molecule has 3 heterocycles. The van der Waals surface area contributed by atoms with Crippen LogP contribution in [-0.4, -0.2) is 110 Å². The number of rotatable bonds is 7. The van der Waals surface area contributed by atoms with Crippen molar-refractivity contribution in [2.24, 2.45) is 0 Å². The summed E-state index contributed by atoms with van der Waals surface area (Å²) in [6.07, 6.45) is 1.20. The molecule has 10 heteroatoms. The van der Waals surface area contributed by atoms with Gasteiger partial charge < -0.3 is 34.9 Å².